The standard InChI is InChI=1S/C23H30N6/c1-5-18-6-9-20(10-7-18)23(2,3)16-28-22(24-4)27-15-19-8-11-21(26-14-19)29-13-12-25-17-29/h6-14,17H,5,15-16H2,1-4H3,(H2,24,27,28). The highest BCUT2D eigenvalue weighted by Gasteiger charge is 2.20. The van der Waals surface area contributed by atoms with Crippen LogP contribution in [0.3, 0.4) is 0 Å². The smallest absolute Gasteiger partial charge is 0.191 e. The van der Waals surface area contributed by atoms with E-state index in [1.807, 2.05) is 23.0 Å². The number of pyridine rings is 1. The Morgan fingerprint density at radius 2 is 1.83 bits per heavy atom. The van der Waals surface area contributed by atoms with Crippen LogP contribution in [0.25, 0.3) is 5.82 Å². The van der Waals surface area contributed by atoms with Crippen molar-refractivity contribution in [3.63, 3.8) is 0 Å². The molecule has 0 amide bonds. The van der Waals surface area contributed by atoms with Gasteiger partial charge in [-0.3, -0.25) is 9.56 Å². The summed E-state index contributed by atoms with van der Waals surface area (Å²) in [5.41, 5.74) is 3.77. The molecule has 6 nitrogen and oxygen atoms in total. The summed E-state index contributed by atoms with van der Waals surface area (Å²) in [7, 11) is 1.79. The van der Waals surface area contributed by atoms with Gasteiger partial charge in [0.1, 0.15) is 12.1 Å². The predicted molar refractivity (Wildman–Crippen MR) is 118 cm³/mol. The van der Waals surface area contributed by atoms with Gasteiger partial charge in [-0.15, -0.1) is 0 Å². The number of hydrogen-bond donors (Lipinski definition) is 2. The number of nitrogens with one attached hydrogen (secondary N) is 2. The maximum absolute atomic E-state index is 4.49. The summed E-state index contributed by atoms with van der Waals surface area (Å²) in [6, 6.07) is 12.9. The first-order chi connectivity index (χ1) is 14.0. The van der Waals surface area contributed by atoms with E-state index in [0.717, 1.165) is 30.3 Å². The summed E-state index contributed by atoms with van der Waals surface area (Å²) < 4.78 is 1.88. The van der Waals surface area contributed by atoms with Gasteiger partial charge in [-0.2, -0.15) is 0 Å². The van der Waals surface area contributed by atoms with E-state index < -0.39 is 0 Å². The van der Waals surface area contributed by atoms with Crippen LogP contribution in [0.15, 0.2) is 66.3 Å². The lowest BCUT2D eigenvalue weighted by Gasteiger charge is -2.27. The van der Waals surface area contributed by atoms with Crippen molar-refractivity contribution in [1.82, 2.24) is 25.2 Å². The van der Waals surface area contributed by atoms with E-state index in [9.17, 15) is 0 Å². The van der Waals surface area contributed by atoms with Gasteiger partial charge in [0.25, 0.3) is 0 Å². The molecule has 2 aromatic heterocycles. The predicted octanol–water partition coefficient (Wildman–Crippen LogP) is 3.47. The number of aryl methyl sites for hydroxylation is 1. The molecule has 0 radical (unpaired) electrons. The van der Waals surface area contributed by atoms with Gasteiger partial charge in [-0.05, 0) is 29.2 Å². The second-order valence-corrected chi connectivity index (χ2v) is 7.71. The largest absolute Gasteiger partial charge is 0.356 e. The van der Waals surface area contributed by atoms with Crippen molar-refractivity contribution in [2.75, 3.05) is 13.6 Å². The van der Waals surface area contributed by atoms with Crippen molar-refractivity contribution in [2.24, 2.45) is 4.99 Å². The summed E-state index contributed by atoms with van der Waals surface area (Å²) in [6.45, 7) is 8.11. The van der Waals surface area contributed by atoms with Gasteiger partial charge in [0, 0.05) is 44.1 Å². The van der Waals surface area contributed by atoms with Crippen LogP contribution in [-0.2, 0) is 18.4 Å². The molecule has 152 valence electrons. The maximum atomic E-state index is 4.49. The maximum Gasteiger partial charge on any atom is 0.191 e. The third-order valence-electron chi connectivity index (χ3n) is 5.10. The number of guanidine groups is 1. The lowest BCUT2D eigenvalue weighted by Crippen LogP contribution is -2.43. The topological polar surface area (TPSA) is 67.1 Å². The zero-order valence-electron chi connectivity index (χ0n) is 17.7. The zero-order chi connectivity index (χ0) is 20.7. The van der Waals surface area contributed by atoms with E-state index in [2.05, 4.69) is 76.7 Å². The molecule has 2 N–H and O–H groups in total. The van der Waals surface area contributed by atoms with Crippen molar-refractivity contribution >= 4 is 5.96 Å². The first-order valence-electron chi connectivity index (χ1n) is 9.99. The molecule has 0 spiro atoms. The lowest BCUT2D eigenvalue weighted by atomic mass is 9.84. The summed E-state index contributed by atoms with van der Waals surface area (Å²) in [5.74, 6) is 1.63. The Labute approximate surface area is 173 Å². The summed E-state index contributed by atoms with van der Waals surface area (Å²) in [5, 5.41) is 6.81. The number of aliphatic imine (C=N–C) groups is 1. The summed E-state index contributed by atoms with van der Waals surface area (Å²) in [4.78, 5) is 12.9. The molecular weight excluding hydrogens is 360 g/mol. The van der Waals surface area contributed by atoms with Gasteiger partial charge in [0.15, 0.2) is 5.96 Å². The average Bonchev–Trinajstić information content (AvgIpc) is 3.29. The molecule has 0 aliphatic heterocycles. The van der Waals surface area contributed by atoms with Crippen LogP contribution >= 0.6 is 0 Å². The van der Waals surface area contributed by atoms with E-state index in [4.69, 9.17) is 0 Å². The Hall–Kier alpha value is -3.15. The van der Waals surface area contributed by atoms with Crippen LogP contribution in [0.4, 0.5) is 0 Å². The van der Waals surface area contributed by atoms with Crippen LogP contribution in [0.1, 0.15) is 37.5 Å². The molecule has 3 rings (SSSR count). The van der Waals surface area contributed by atoms with Gasteiger partial charge in [0.2, 0.25) is 0 Å². The molecular formula is C23H30N6. The molecule has 2 heterocycles. The molecule has 0 aliphatic carbocycles. The minimum Gasteiger partial charge on any atom is -0.356 e. The fourth-order valence-corrected chi connectivity index (χ4v) is 3.07. The van der Waals surface area contributed by atoms with E-state index >= 15 is 0 Å². The fraction of sp³-hybridized carbons (Fsp3) is 0.348. The van der Waals surface area contributed by atoms with Crippen LogP contribution < -0.4 is 10.6 Å². The van der Waals surface area contributed by atoms with Crippen molar-refractivity contribution in [2.45, 2.75) is 39.2 Å². The van der Waals surface area contributed by atoms with Gasteiger partial charge in [0.05, 0.1) is 0 Å². The van der Waals surface area contributed by atoms with Crippen LogP contribution in [0.5, 0.6) is 0 Å². The monoisotopic (exact) mass is 390 g/mol. The van der Waals surface area contributed by atoms with Crippen LogP contribution in [-0.4, -0.2) is 34.1 Å². The third-order valence-corrected chi connectivity index (χ3v) is 5.10. The first kappa shape index (κ1) is 20.6. The molecule has 6 heteroatoms. The Morgan fingerprint density at radius 3 is 2.41 bits per heavy atom. The second-order valence-electron chi connectivity index (χ2n) is 7.71. The quantitative estimate of drug-likeness (QED) is 0.479. The van der Waals surface area contributed by atoms with Gasteiger partial charge >= 0.3 is 0 Å². The number of rotatable bonds is 7. The van der Waals surface area contributed by atoms with E-state index in [0.29, 0.717) is 6.54 Å². The highest BCUT2D eigenvalue weighted by atomic mass is 15.2. The summed E-state index contributed by atoms with van der Waals surface area (Å²) in [6.07, 6.45) is 8.29. The van der Waals surface area contributed by atoms with Crippen molar-refractivity contribution in [1.29, 1.82) is 0 Å². The van der Waals surface area contributed by atoms with Gasteiger partial charge < -0.3 is 10.6 Å². The molecule has 0 saturated carbocycles. The van der Waals surface area contributed by atoms with Crippen molar-refractivity contribution in [3.8, 4) is 5.82 Å². The molecule has 0 bridgehead atoms. The molecule has 0 unspecified atom stereocenters. The van der Waals surface area contributed by atoms with E-state index in [1.54, 1.807) is 19.6 Å². The Kier molecular flexibility index (Phi) is 6.65. The Morgan fingerprint density at radius 1 is 1.07 bits per heavy atom. The van der Waals surface area contributed by atoms with E-state index in [-0.39, 0.29) is 5.41 Å². The average molecular weight is 391 g/mol. The first-order valence-corrected chi connectivity index (χ1v) is 9.99. The van der Waals surface area contributed by atoms with Crippen LogP contribution in [0.2, 0.25) is 0 Å². The van der Waals surface area contributed by atoms with Crippen molar-refractivity contribution in [3.05, 3.63) is 78.0 Å². The number of aromatic nitrogens is 3. The summed E-state index contributed by atoms with van der Waals surface area (Å²) >= 11 is 0. The lowest BCUT2D eigenvalue weighted by molar-refractivity contribution is 0.508. The third kappa shape index (κ3) is 5.44. The Bertz CT molecular complexity index is 909. The fourth-order valence-electron chi connectivity index (χ4n) is 3.07. The number of benzene rings is 1. The molecule has 0 fully saturated rings. The molecule has 3 aromatic rings. The number of imidazole rings is 1. The SMILES string of the molecule is CCc1ccc(C(C)(C)CNC(=NC)NCc2ccc(-n3ccnc3)nc2)cc1. The normalized spacial score (nSPS) is 12.1. The minimum atomic E-state index is -0.00209. The zero-order valence-corrected chi connectivity index (χ0v) is 17.7. The number of hydrogen-bond acceptors (Lipinski definition) is 3. The molecule has 1 aromatic carbocycles. The Balaban J connectivity index is 1.53. The van der Waals surface area contributed by atoms with Crippen molar-refractivity contribution < 1.29 is 0 Å². The highest BCUT2D eigenvalue weighted by Crippen LogP contribution is 2.22. The number of nitrogens with zero attached hydrogens (tertiary/aromatic N) is 4. The van der Waals surface area contributed by atoms with Gasteiger partial charge in [-0.25, -0.2) is 9.97 Å². The van der Waals surface area contributed by atoms with E-state index in [1.165, 1.54) is 11.1 Å². The molecule has 29 heavy (non-hydrogen) atoms. The molecule has 0 aliphatic rings. The molecule has 0 atom stereocenters. The van der Waals surface area contributed by atoms with Gasteiger partial charge in [-0.1, -0.05) is 51.1 Å². The second kappa shape index (κ2) is 9.37. The molecule has 0 saturated heterocycles. The highest BCUT2D eigenvalue weighted by molar-refractivity contribution is 5.79. The minimum absolute atomic E-state index is 0.00209. The van der Waals surface area contributed by atoms with Crippen LogP contribution in [0, 0.1) is 0 Å².